The molecule has 6 nitrogen and oxygen atoms in total. The lowest BCUT2D eigenvalue weighted by Gasteiger charge is -2.34. The van der Waals surface area contributed by atoms with Gasteiger partial charge in [-0.1, -0.05) is 25.1 Å². The molecule has 0 aromatic heterocycles. The number of nitrogens with zero attached hydrogens (tertiary/aromatic N) is 1. The molecule has 0 fully saturated rings. The first kappa shape index (κ1) is 19.3. The van der Waals surface area contributed by atoms with Crippen LogP contribution in [-0.2, 0) is 22.4 Å². The Morgan fingerprint density at radius 3 is 2.86 bits per heavy atom. The minimum atomic E-state index is -0.736. The number of ether oxygens (including phenoxy) is 2. The van der Waals surface area contributed by atoms with E-state index in [0.29, 0.717) is 23.7 Å². The molecule has 0 unspecified atom stereocenters. The first-order chi connectivity index (χ1) is 14.2. The van der Waals surface area contributed by atoms with Crippen molar-refractivity contribution < 1.29 is 19.1 Å². The molecule has 2 amide bonds. The van der Waals surface area contributed by atoms with Crippen LogP contribution in [0.4, 0.5) is 5.69 Å². The number of carbonyl (C=O) groups excluding carboxylic acids is 2. The van der Waals surface area contributed by atoms with Crippen molar-refractivity contribution in [3.05, 3.63) is 53.6 Å². The Kier molecular flexibility index (Phi) is 5.69. The first-order valence-electron chi connectivity index (χ1n) is 10.2. The van der Waals surface area contributed by atoms with Crippen LogP contribution in [0.15, 0.2) is 42.5 Å². The van der Waals surface area contributed by atoms with E-state index in [0.717, 1.165) is 19.3 Å². The van der Waals surface area contributed by atoms with Crippen LogP contribution in [0.2, 0.25) is 0 Å². The van der Waals surface area contributed by atoms with Crippen LogP contribution in [0.25, 0.3) is 0 Å². The Morgan fingerprint density at radius 1 is 1.17 bits per heavy atom. The van der Waals surface area contributed by atoms with Gasteiger partial charge in [0, 0.05) is 6.54 Å². The molecule has 2 aliphatic rings. The SMILES string of the molecule is CCCNC(=O)[C@@H]1CN(C(=O)COc2ccc3c(c2)CCC3)c2ccccc2O1. The molecule has 0 spiro atoms. The number of anilines is 1. The summed E-state index contributed by atoms with van der Waals surface area (Å²) in [4.78, 5) is 27.0. The maximum atomic E-state index is 13.0. The Morgan fingerprint density at radius 2 is 2.00 bits per heavy atom. The highest BCUT2D eigenvalue weighted by Crippen LogP contribution is 2.33. The van der Waals surface area contributed by atoms with Crippen LogP contribution in [0.5, 0.6) is 11.5 Å². The van der Waals surface area contributed by atoms with Gasteiger partial charge in [0.2, 0.25) is 0 Å². The van der Waals surface area contributed by atoms with E-state index < -0.39 is 6.10 Å². The van der Waals surface area contributed by atoms with Gasteiger partial charge in [-0.3, -0.25) is 9.59 Å². The molecule has 1 aliphatic carbocycles. The lowest BCUT2D eigenvalue weighted by molar-refractivity contribution is -0.128. The number of benzene rings is 2. The third-order valence-corrected chi connectivity index (χ3v) is 5.35. The Labute approximate surface area is 170 Å². The number of fused-ring (bicyclic) bond motifs is 2. The fourth-order valence-electron chi connectivity index (χ4n) is 3.83. The molecule has 29 heavy (non-hydrogen) atoms. The van der Waals surface area contributed by atoms with Gasteiger partial charge in [0.1, 0.15) is 11.5 Å². The maximum Gasteiger partial charge on any atom is 0.265 e. The number of hydrogen-bond donors (Lipinski definition) is 1. The molecule has 4 rings (SSSR count). The zero-order valence-electron chi connectivity index (χ0n) is 16.6. The molecule has 2 aromatic carbocycles. The van der Waals surface area contributed by atoms with Gasteiger partial charge in [0.05, 0.1) is 12.2 Å². The summed E-state index contributed by atoms with van der Waals surface area (Å²) in [6.45, 7) is 2.65. The lowest BCUT2D eigenvalue weighted by Crippen LogP contribution is -2.51. The van der Waals surface area contributed by atoms with Crippen molar-refractivity contribution in [2.24, 2.45) is 0 Å². The van der Waals surface area contributed by atoms with Gasteiger partial charge in [0.25, 0.3) is 11.8 Å². The number of carbonyl (C=O) groups is 2. The maximum absolute atomic E-state index is 13.0. The average Bonchev–Trinajstić information content (AvgIpc) is 3.22. The molecule has 0 bridgehead atoms. The number of para-hydroxylation sites is 2. The molecule has 6 heteroatoms. The molecule has 0 saturated heterocycles. The summed E-state index contributed by atoms with van der Waals surface area (Å²) in [5.74, 6) is 0.826. The number of rotatable bonds is 6. The van der Waals surface area contributed by atoms with E-state index in [-0.39, 0.29) is 25.0 Å². The van der Waals surface area contributed by atoms with Gasteiger partial charge in [0.15, 0.2) is 12.7 Å². The van der Waals surface area contributed by atoms with Crippen LogP contribution < -0.4 is 19.7 Å². The van der Waals surface area contributed by atoms with Gasteiger partial charge < -0.3 is 19.7 Å². The summed E-state index contributed by atoms with van der Waals surface area (Å²) in [7, 11) is 0. The normalized spacial score (nSPS) is 17.1. The number of hydrogen-bond acceptors (Lipinski definition) is 4. The van der Waals surface area contributed by atoms with Gasteiger partial charge in [-0.05, 0) is 61.1 Å². The lowest BCUT2D eigenvalue weighted by atomic mass is 10.1. The van der Waals surface area contributed by atoms with Crippen LogP contribution >= 0.6 is 0 Å². The van der Waals surface area contributed by atoms with Crippen LogP contribution in [0.3, 0.4) is 0 Å². The first-order valence-corrected chi connectivity index (χ1v) is 10.2. The highest BCUT2D eigenvalue weighted by atomic mass is 16.5. The highest BCUT2D eigenvalue weighted by Gasteiger charge is 2.33. The summed E-state index contributed by atoms with van der Waals surface area (Å²) in [5.41, 5.74) is 3.33. The minimum Gasteiger partial charge on any atom is -0.484 e. The fraction of sp³-hybridized carbons (Fsp3) is 0.391. The standard InChI is InChI=1S/C23H26N2O4/c1-2-12-24-23(27)21-14-25(19-8-3-4-9-20(19)29-21)22(26)15-28-18-11-10-16-6-5-7-17(16)13-18/h3-4,8-11,13,21H,2,5-7,12,14-15H2,1H3,(H,24,27)/t21-/m0/s1. The van der Waals surface area contributed by atoms with Crippen molar-refractivity contribution >= 4 is 17.5 Å². The quantitative estimate of drug-likeness (QED) is 0.818. The molecule has 0 saturated carbocycles. The predicted octanol–water partition coefficient (Wildman–Crippen LogP) is 2.87. The summed E-state index contributed by atoms with van der Waals surface area (Å²) in [6, 6.07) is 13.3. The van der Waals surface area contributed by atoms with E-state index in [9.17, 15) is 9.59 Å². The minimum absolute atomic E-state index is 0.0869. The topological polar surface area (TPSA) is 67.9 Å². The van der Waals surface area contributed by atoms with Crippen molar-refractivity contribution in [2.45, 2.75) is 38.7 Å². The predicted molar refractivity (Wildman–Crippen MR) is 110 cm³/mol. The largest absolute Gasteiger partial charge is 0.484 e. The summed E-state index contributed by atoms with van der Waals surface area (Å²) >= 11 is 0. The van der Waals surface area contributed by atoms with Gasteiger partial charge >= 0.3 is 0 Å². The van der Waals surface area contributed by atoms with E-state index >= 15 is 0 Å². The van der Waals surface area contributed by atoms with E-state index in [2.05, 4.69) is 11.4 Å². The van der Waals surface area contributed by atoms with Crippen molar-refractivity contribution in [3.8, 4) is 11.5 Å². The third-order valence-electron chi connectivity index (χ3n) is 5.35. The van der Waals surface area contributed by atoms with E-state index in [4.69, 9.17) is 9.47 Å². The smallest absolute Gasteiger partial charge is 0.265 e. The molecule has 2 aromatic rings. The Bertz CT molecular complexity index is 912. The van der Waals surface area contributed by atoms with E-state index in [1.54, 1.807) is 11.0 Å². The van der Waals surface area contributed by atoms with Crippen LogP contribution in [-0.4, -0.2) is 37.6 Å². The molecule has 1 aliphatic heterocycles. The molecular weight excluding hydrogens is 368 g/mol. The third kappa shape index (κ3) is 4.21. The second-order valence-corrected chi connectivity index (χ2v) is 7.44. The summed E-state index contributed by atoms with van der Waals surface area (Å²) in [6.07, 6.45) is 3.45. The zero-order chi connectivity index (χ0) is 20.2. The number of nitrogens with one attached hydrogen (secondary N) is 1. The van der Waals surface area contributed by atoms with E-state index in [1.165, 1.54) is 17.5 Å². The Balaban J connectivity index is 1.46. The van der Waals surface area contributed by atoms with Gasteiger partial charge in [-0.2, -0.15) is 0 Å². The summed E-state index contributed by atoms with van der Waals surface area (Å²) < 4.78 is 11.6. The molecule has 0 radical (unpaired) electrons. The molecule has 152 valence electrons. The second-order valence-electron chi connectivity index (χ2n) is 7.44. The monoisotopic (exact) mass is 394 g/mol. The molecule has 1 atom stereocenters. The van der Waals surface area contributed by atoms with Crippen molar-refractivity contribution in [3.63, 3.8) is 0 Å². The van der Waals surface area contributed by atoms with Crippen molar-refractivity contribution in [2.75, 3.05) is 24.6 Å². The second kappa shape index (κ2) is 8.55. The zero-order valence-corrected chi connectivity index (χ0v) is 16.6. The highest BCUT2D eigenvalue weighted by molar-refractivity contribution is 5.98. The van der Waals surface area contributed by atoms with Crippen LogP contribution in [0, 0.1) is 0 Å². The Hall–Kier alpha value is -3.02. The fourth-order valence-corrected chi connectivity index (χ4v) is 3.83. The van der Waals surface area contributed by atoms with Gasteiger partial charge in [-0.15, -0.1) is 0 Å². The van der Waals surface area contributed by atoms with Crippen LogP contribution in [0.1, 0.15) is 30.9 Å². The number of aryl methyl sites for hydroxylation is 2. The van der Waals surface area contributed by atoms with Crippen molar-refractivity contribution in [1.29, 1.82) is 0 Å². The van der Waals surface area contributed by atoms with Gasteiger partial charge in [-0.25, -0.2) is 0 Å². The van der Waals surface area contributed by atoms with Crippen molar-refractivity contribution in [1.82, 2.24) is 5.32 Å². The molecule has 1 heterocycles. The number of amides is 2. The molecular formula is C23H26N2O4. The molecule has 1 N–H and O–H groups in total. The summed E-state index contributed by atoms with van der Waals surface area (Å²) in [5, 5.41) is 2.84. The average molecular weight is 394 g/mol. The van der Waals surface area contributed by atoms with E-state index in [1.807, 2.05) is 37.3 Å².